The Balaban J connectivity index is 2.27. The first-order chi connectivity index (χ1) is 17.0. The van der Waals surface area contributed by atoms with Crippen molar-refractivity contribution in [3.63, 3.8) is 0 Å². The Bertz CT molecular complexity index is 1250. The third-order valence-corrected chi connectivity index (χ3v) is 7.13. The molecule has 1 N–H and O–H groups in total. The highest BCUT2D eigenvalue weighted by molar-refractivity contribution is 6.68. The van der Waals surface area contributed by atoms with Gasteiger partial charge in [0.05, 0.1) is 16.3 Å². The molecule has 0 bridgehead atoms. The lowest BCUT2D eigenvalue weighted by Crippen LogP contribution is -2.52. The summed E-state index contributed by atoms with van der Waals surface area (Å²) in [5.74, 6) is -1.17. The fourth-order valence-corrected chi connectivity index (χ4v) is 3.77. The van der Waals surface area contributed by atoms with Gasteiger partial charge in [0.1, 0.15) is 11.4 Å². The number of halogens is 8. The van der Waals surface area contributed by atoms with Crippen LogP contribution in [0.3, 0.4) is 0 Å². The Kier molecular flexibility index (Phi) is 8.59. The van der Waals surface area contributed by atoms with Gasteiger partial charge >= 0.3 is 12.3 Å². The van der Waals surface area contributed by atoms with Gasteiger partial charge in [-0.3, -0.25) is 4.98 Å². The lowest BCUT2D eigenvalue weighted by atomic mass is 9.80. The second kappa shape index (κ2) is 10.8. The summed E-state index contributed by atoms with van der Waals surface area (Å²) >= 11 is 23.8. The van der Waals surface area contributed by atoms with Crippen LogP contribution in [-0.4, -0.2) is 20.5 Å². The molecule has 2 aromatic carbocycles. The molecular weight excluding hydrogens is 578 g/mol. The number of amides is 1. The number of carbonyl (C=O) groups excluding carboxylic acids is 1. The quantitative estimate of drug-likeness (QED) is 0.230. The van der Waals surface area contributed by atoms with Gasteiger partial charge in [0.25, 0.3) is 0 Å². The Morgan fingerprint density at radius 1 is 0.973 bits per heavy atom. The van der Waals surface area contributed by atoms with Crippen LogP contribution in [-0.2, 0) is 22.9 Å². The summed E-state index contributed by atoms with van der Waals surface area (Å²) in [6.07, 6.45) is -4.92. The summed E-state index contributed by atoms with van der Waals surface area (Å²) in [6.45, 7) is 2.67. The number of nitrogens with one attached hydrogen (secondary N) is 1. The van der Waals surface area contributed by atoms with E-state index in [0.29, 0.717) is 11.6 Å². The van der Waals surface area contributed by atoms with Crippen molar-refractivity contribution in [1.29, 1.82) is 0 Å². The third kappa shape index (κ3) is 6.99. The molecule has 198 valence electrons. The maximum absolute atomic E-state index is 14.6. The number of hydrogen-bond donors (Lipinski definition) is 1. The van der Waals surface area contributed by atoms with Gasteiger partial charge in [0, 0.05) is 12.6 Å². The molecule has 0 fully saturated rings. The molecule has 12 heteroatoms. The van der Waals surface area contributed by atoms with Crippen LogP contribution in [0.2, 0.25) is 5.02 Å². The van der Waals surface area contributed by atoms with Crippen molar-refractivity contribution in [3.8, 4) is 0 Å². The molecule has 1 atom stereocenters. The van der Waals surface area contributed by atoms with Crippen molar-refractivity contribution < 1.29 is 27.1 Å². The van der Waals surface area contributed by atoms with E-state index in [9.17, 15) is 22.4 Å². The summed E-state index contributed by atoms with van der Waals surface area (Å²) in [4.78, 5) is 17.5. The number of hydrogen-bond acceptors (Lipinski definition) is 3. The summed E-state index contributed by atoms with van der Waals surface area (Å²) < 4.78 is 59.0. The third-order valence-electron chi connectivity index (χ3n) is 5.54. The van der Waals surface area contributed by atoms with E-state index in [1.54, 1.807) is 30.3 Å². The monoisotopic (exact) mass is 596 g/mol. The molecule has 3 rings (SSSR count). The van der Waals surface area contributed by atoms with Gasteiger partial charge in [0.15, 0.2) is 5.60 Å². The number of alkyl carbamates (subject to hydrolysis) is 1. The van der Waals surface area contributed by atoms with Crippen LogP contribution in [0.4, 0.5) is 22.4 Å². The van der Waals surface area contributed by atoms with Gasteiger partial charge in [0.2, 0.25) is 3.79 Å². The van der Waals surface area contributed by atoms with Crippen LogP contribution in [0.1, 0.15) is 36.2 Å². The second-order valence-corrected chi connectivity index (χ2v) is 11.4. The largest absolute Gasteiger partial charge is 0.439 e. The van der Waals surface area contributed by atoms with Crippen molar-refractivity contribution in [1.82, 2.24) is 10.3 Å². The number of carbonyl (C=O) groups is 1. The lowest BCUT2D eigenvalue weighted by Gasteiger charge is -2.38. The molecule has 4 nitrogen and oxygen atoms in total. The normalized spacial score (nSPS) is 14.1. The van der Waals surface area contributed by atoms with Gasteiger partial charge in [-0.2, -0.15) is 13.2 Å². The first kappa shape index (κ1) is 29.3. The molecule has 0 saturated heterocycles. The first-order valence-corrected chi connectivity index (χ1v) is 12.2. The van der Waals surface area contributed by atoms with Crippen molar-refractivity contribution in [2.75, 3.05) is 0 Å². The number of nitrogens with zero attached hydrogens (tertiary/aromatic N) is 1. The Labute approximate surface area is 230 Å². The molecule has 0 aliphatic rings. The van der Waals surface area contributed by atoms with Gasteiger partial charge in [-0.1, -0.05) is 76.7 Å². The summed E-state index contributed by atoms with van der Waals surface area (Å²) in [5, 5.41) is 2.82. The number of benzene rings is 2. The zero-order valence-corrected chi connectivity index (χ0v) is 22.4. The Morgan fingerprint density at radius 3 is 2.14 bits per heavy atom. The van der Waals surface area contributed by atoms with Gasteiger partial charge in [-0.05, 0) is 55.3 Å². The smallest absolute Gasteiger partial charge is 0.416 e. The van der Waals surface area contributed by atoms with Crippen LogP contribution in [0.5, 0.6) is 0 Å². The first-order valence-electron chi connectivity index (χ1n) is 10.7. The summed E-state index contributed by atoms with van der Waals surface area (Å²) in [6, 6.07) is 13.3. The Morgan fingerprint density at radius 2 is 1.59 bits per heavy atom. The van der Waals surface area contributed by atoms with Gasteiger partial charge in [-0.15, -0.1) is 0 Å². The number of rotatable bonds is 6. The number of pyridine rings is 1. The van der Waals surface area contributed by atoms with Crippen molar-refractivity contribution in [3.05, 3.63) is 100 Å². The zero-order valence-electron chi connectivity index (χ0n) is 19.3. The second-order valence-electron chi connectivity index (χ2n) is 8.68. The van der Waals surface area contributed by atoms with Gasteiger partial charge < -0.3 is 10.1 Å². The molecule has 1 aromatic heterocycles. The molecule has 1 unspecified atom stereocenters. The van der Waals surface area contributed by atoms with Crippen molar-refractivity contribution in [2.24, 2.45) is 0 Å². The Hall–Kier alpha value is -2.26. The predicted octanol–water partition coefficient (Wildman–Crippen LogP) is 8.25. The molecule has 1 heterocycles. The van der Waals surface area contributed by atoms with Crippen LogP contribution >= 0.6 is 46.4 Å². The van der Waals surface area contributed by atoms with Crippen LogP contribution in [0.15, 0.2) is 66.9 Å². The predicted molar refractivity (Wildman–Crippen MR) is 136 cm³/mol. The highest BCUT2D eigenvalue weighted by Crippen LogP contribution is 2.42. The molecule has 0 aliphatic carbocycles. The molecule has 3 aromatic rings. The van der Waals surface area contributed by atoms with E-state index in [-0.39, 0.29) is 22.7 Å². The highest BCUT2D eigenvalue weighted by atomic mass is 35.6. The number of aromatic nitrogens is 1. The SMILES string of the molecule is CC(C)(OC(=O)NC(Cc1ccccc1)(c1cc(F)cc(C(F)(F)F)c1)c1ccc(Cl)cn1)C(Cl)(Cl)Cl. The topological polar surface area (TPSA) is 51.2 Å². The van der Waals surface area contributed by atoms with Gasteiger partial charge in [-0.25, -0.2) is 9.18 Å². The lowest BCUT2D eigenvalue weighted by molar-refractivity contribution is -0.137. The maximum Gasteiger partial charge on any atom is 0.416 e. The molecule has 1 amide bonds. The van der Waals surface area contributed by atoms with Crippen LogP contribution in [0.25, 0.3) is 0 Å². The average Bonchev–Trinajstić information content (AvgIpc) is 2.77. The van der Waals surface area contributed by atoms with E-state index >= 15 is 0 Å². The average molecular weight is 598 g/mol. The number of ether oxygens (including phenoxy) is 1. The molecule has 0 radical (unpaired) electrons. The molecule has 0 saturated carbocycles. The minimum absolute atomic E-state index is 0.0584. The highest BCUT2D eigenvalue weighted by Gasteiger charge is 2.47. The van der Waals surface area contributed by atoms with Crippen molar-refractivity contribution in [2.45, 2.75) is 41.4 Å². The van der Waals surface area contributed by atoms with E-state index in [0.717, 1.165) is 12.1 Å². The minimum atomic E-state index is -4.87. The van der Waals surface area contributed by atoms with E-state index in [4.69, 9.17) is 51.1 Å². The molecule has 37 heavy (non-hydrogen) atoms. The molecular formula is C25H20Cl4F4N2O2. The minimum Gasteiger partial charge on any atom is -0.439 e. The van der Waals surface area contributed by atoms with E-state index < -0.39 is 38.6 Å². The zero-order chi connectivity index (χ0) is 27.6. The number of alkyl halides is 6. The molecule has 0 aliphatic heterocycles. The standard InChI is InChI=1S/C25H20Cl4F4N2O2/c1-22(2,25(27,28)29)37-21(36)35-23(13-15-6-4-3-5-7-15,20-9-8-18(26)14-34-20)16-10-17(24(31,32)33)12-19(30)11-16/h3-12,14H,13H2,1-2H3,(H,35,36). The van der Waals surface area contributed by atoms with Crippen LogP contribution < -0.4 is 5.32 Å². The van der Waals surface area contributed by atoms with E-state index in [2.05, 4.69) is 10.3 Å². The van der Waals surface area contributed by atoms with E-state index in [1.165, 1.54) is 32.2 Å². The maximum atomic E-state index is 14.6. The molecule has 0 spiro atoms. The summed E-state index contributed by atoms with van der Waals surface area (Å²) in [7, 11) is 0. The van der Waals surface area contributed by atoms with Crippen molar-refractivity contribution >= 4 is 52.5 Å². The fourth-order valence-electron chi connectivity index (χ4n) is 3.54. The fraction of sp³-hybridized carbons (Fsp3) is 0.280. The van der Waals surface area contributed by atoms with E-state index in [1.807, 2.05) is 0 Å². The summed E-state index contributed by atoms with van der Waals surface area (Å²) in [5.41, 5.74) is -4.39. The van der Waals surface area contributed by atoms with Crippen LogP contribution in [0, 0.1) is 5.82 Å².